The Morgan fingerprint density at radius 3 is 2.18 bits per heavy atom. The van der Waals surface area contributed by atoms with Crippen LogP contribution in [0.1, 0.15) is 163 Å². The number of amides is 1. The van der Waals surface area contributed by atoms with E-state index in [0.29, 0.717) is 87.0 Å². The molecule has 6 saturated heterocycles. The van der Waals surface area contributed by atoms with Crippen molar-refractivity contribution in [2.24, 2.45) is 17.8 Å². The van der Waals surface area contributed by atoms with Gasteiger partial charge in [0.25, 0.3) is 0 Å². The number of fused-ring (bicyclic) bond motifs is 1. The molecule has 10 N–H and O–H groups in total. The van der Waals surface area contributed by atoms with Crippen LogP contribution in [0.2, 0.25) is 0 Å². The summed E-state index contributed by atoms with van der Waals surface area (Å²) >= 11 is 0. The molecule has 0 aliphatic carbocycles. The first kappa shape index (κ1) is 81.1. The Balaban J connectivity index is 0.760. The lowest BCUT2D eigenvalue weighted by molar-refractivity contribution is -0.321. The van der Waals surface area contributed by atoms with Gasteiger partial charge in [-0.3, -0.25) is 18.7 Å². The second-order valence-corrected chi connectivity index (χ2v) is 30.1. The number of aliphatic hydroxyl groups excluding tert-OH is 6. The quantitative estimate of drug-likeness (QED) is 0.0230. The monoisotopic (exact) mass is 1430 g/mol. The summed E-state index contributed by atoms with van der Waals surface area (Å²) in [5.41, 5.74) is 0.470. The molecule has 0 bridgehead atoms. The summed E-state index contributed by atoms with van der Waals surface area (Å²) in [7, 11) is -10.4. The molecule has 30 heteroatoms. The minimum absolute atomic E-state index is 0.0119. The topological polar surface area (TPSA) is 415 Å². The minimum atomic E-state index is -5.31. The van der Waals surface area contributed by atoms with Gasteiger partial charge in [-0.2, -0.15) is 16.8 Å². The average molecular weight is 1430 g/mol. The molecule has 21 atom stereocenters. The smallest absolute Gasteiger partial charge is 0.397 e. The fourth-order valence-corrected chi connectivity index (χ4v) is 14.7. The molecule has 7 aliphatic rings. The van der Waals surface area contributed by atoms with Crippen molar-refractivity contribution in [3.63, 3.8) is 0 Å². The Labute approximate surface area is 575 Å². The van der Waals surface area contributed by atoms with Gasteiger partial charge in [-0.1, -0.05) is 82.5 Å². The van der Waals surface area contributed by atoms with Crippen molar-refractivity contribution < 1.29 is 127 Å². The molecule has 7 aliphatic heterocycles. The van der Waals surface area contributed by atoms with Crippen LogP contribution in [0.15, 0.2) is 84.6 Å². The van der Waals surface area contributed by atoms with Gasteiger partial charge in [0.05, 0.1) is 68.5 Å². The largest absolute Gasteiger partial charge is 0.461 e. The van der Waals surface area contributed by atoms with Gasteiger partial charge in [-0.05, 0) is 126 Å². The predicted molar refractivity (Wildman–Crippen MR) is 351 cm³/mol. The highest BCUT2D eigenvalue weighted by molar-refractivity contribution is 7.81. The first-order valence-electron chi connectivity index (χ1n) is 34.0. The van der Waals surface area contributed by atoms with Crippen LogP contribution in [0.25, 0.3) is 0 Å². The van der Waals surface area contributed by atoms with Crippen molar-refractivity contribution in [3.8, 4) is 0 Å². The number of allylic oxidation sites excluding steroid dienone is 3. The third kappa shape index (κ3) is 23.9. The number of ether oxygens (including phenoxy) is 9. The van der Waals surface area contributed by atoms with E-state index >= 15 is 0 Å². The number of esters is 2. The van der Waals surface area contributed by atoms with Crippen LogP contribution in [0.4, 0.5) is 0 Å². The molecular formula is C68H105NO27S2. The highest BCUT2D eigenvalue weighted by Gasteiger charge is 2.55. The first-order valence-corrected chi connectivity index (χ1v) is 36.8. The molecule has 556 valence electrons. The molecule has 7 rings (SSSR count). The van der Waals surface area contributed by atoms with Crippen LogP contribution in [0.3, 0.4) is 0 Å². The number of rotatable bonds is 34. The van der Waals surface area contributed by atoms with Gasteiger partial charge in [0.15, 0.2) is 17.2 Å². The molecule has 28 nitrogen and oxygen atoms in total. The lowest BCUT2D eigenvalue weighted by Crippen LogP contribution is -2.60. The second-order valence-electron chi connectivity index (χ2n) is 27.9. The van der Waals surface area contributed by atoms with Crippen molar-refractivity contribution in [3.05, 3.63) is 84.6 Å². The SMILES string of the molecule is C=C(C/C=C\CC(=C)COC(=O)[C@@](C)(O)C[C@@H]1CC[C@@H](O)[C@]2(C=C(C)C[C@@H]([C@H](C)/C=C/[C@@H]3CC[C@@]4(CCC5O[C@H]([C@@H](O)C[C@H](C)C6O[C@@]7(CCCCO7)CC[C@H]6C)C(=C)[C@@H](O)C5O4)O3)O2)O1)COC(=O)C/C=C/CCC(=O)NCC(O)CC(O)C(OS(=O)(=O)O)C(O)COS(=O)(=O)O. The third-order valence-electron chi connectivity index (χ3n) is 19.2. The summed E-state index contributed by atoms with van der Waals surface area (Å²) in [6.45, 7) is 20.4. The highest BCUT2D eigenvalue weighted by Crippen LogP contribution is 2.48. The zero-order chi connectivity index (χ0) is 72.0. The molecule has 1 amide bonds. The highest BCUT2D eigenvalue weighted by atomic mass is 32.3. The van der Waals surface area contributed by atoms with Crippen LogP contribution in [0.5, 0.6) is 0 Å². The van der Waals surface area contributed by atoms with Crippen molar-refractivity contribution in [1.29, 1.82) is 0 Å². The number of carbonyl (C=O) groups excluding carboxylic acids is 3. The van der Waals surface area contributed by atoms with E-state index < -0.39 is 154 Å². The molecule has 0 aromatic carbocycles. The first-order chi connectivity index (χ1) is 46.0. The van der Waals surface area contributed by atoms with E-state index in [1.807, 2.05) is 26.0 Å². The minimum Gasteiger partial charge on any atom is -0.461 e. The predicted octanol–water partition coefficient (Wildman–Crippen LogP) is 4.99. The Morgan fingerprint density at radius 1 is 0.816 bits per heavy atom. The van der Waals surface area contributed by atoms with Gasteiger partial charge >= 0.3 is 32.7 Å². The summed E-state index contributed by atoms with van der Waals surface area (Å²) in [6, 6.07) is 0. The lowest BCUT2D eigenvalue weighted by atomic mass is 9.79. The Kier molecular flexibility index (Phi) is 29.6. The summed E-state index contributed by atoms with van der Waals surface area (Å²) < 4.78 is 126. The summed E-state index contributed by atoms with van der Waals surface area (Å²) in [6.07, 6.45) is 6.57. The maximum atomic E-state index is 13.3. The molecular weight excluding hydrogens is 1330 g/mol. The van der Waals surface area contributed by atoms with E-state index in [4.69, 9.17) is 51.7 Å². The van der Waals surface area contributed by atoms with Gasteiger partial charge in [0, 0.05) is 57.4 Å². The summed E-state index contributed by atoms with van der Waals surface area (Å²) in [5, 5.41) is 79.2. The normalized spacial score (nSPS) is 33.0. The average Bonchev–Trinajstić information content (AvgIpc) is 1.13. The van der Waals surface area contributed by atoms with E-state index in [-0.39, 0.29) is 69.4 Å². The van der Waals surface area contributed by atoms with Crippen LogP contribution in [0, 0.1) is 17.8 Å². The van der Waals surface area contributed by atoms with E-state index in [1.54, 1.807) is 24.3 Å². The van der Waals surface area contributed by atoms with Gasteiger partial charge in [0.1, 0.15) is 49.8 Å². The molecule has 98 heavy (non-hydrogen) atoms. The summed E-state index contributed by atoms with van der Waals surface area (Å²) in [5.74, 6) is -4.85. The second kappa shape index (κ2) is 35.8. The van der Waals surface area contributed by atoms with Crippen molar-refractivity contribution in [1.82, 2.24) is 5.32 Å². The van der Waals surface area contributed by atoms with Crippen molar-refractivity contribution in [2.75, 3.05) is 33.0 Å². The fraction of sp³-hybridized carbons (Fsp3) is 0.750. The van der Waals surface area contributed by atoms with E-state index in [9.17, 15) is 67.0 Å². The van der Waals surface area contributed by atoms with Crippen LogP contribution in [-0.4, -0.2) is 221 Å². The Bertz CT molecular complexity index is 3070. The van der Waals surface area contributed by atoms with E-state index in [1.165, 1.54) is 13.0 Å². The molecule has 7 unspecified atom stereocenters. The van der Waals surface area contributed by atoms with Gasteiger partial charge < -0.3 is 83.7 Å². The lowest BCUT2D eigenvalue weighted by Gasteiger charge is -2.50. The number of aliphatic hydroxyl groups is 7. The zero-order valence-corrected chi connectivity index (χ0v) is 58.5. The molecule has 3 spiro atoms. The maximum Gasteiger partial charge on any atom is 0.397 e. The van der Waals surface area contributed by atoms with E-state index in [0.717, 1.165) is 37.7 Å². The number of carbonyl (C=O) groups is 3. The summed E-state index contributed by atoms with van der Waals surface area (Å²) in [4.78, 5) is 37.9. The number of hydrogen-bond donors (Lipinski definition) is 10. The van der Waals surface area contributed by atoms with Crippen LogP contribution < -0.4 is 5.32 Å². The molecule has 0 saturated carbocycles. The van der Waals surface area contributed by atoms with Crippen molar-refractivity contribution >= 4 is 38.6 Å². The van der Waals surface area contributed by atoms with Crippen LogP contribution in [-0.2, 0) is 86.2 Å². The third-order valence-corrected chi connectivity index (χ3v) is 20.1. The van der Waals surface area contributed by atoms with E-state index in [2.05, 4.69) is 47.3 Å². The van der Waals surface area contributed by atoms with Crippen LogP contribution >= 0.6 is 0 Å². The van der Waals surface area contributed by atoms with Gasteiger partial charge in [-0.25, -0.2) is 13.2 Å². The molecule has 0 aromatic rings. The molecule has 6 fully saturated rings. The standard InChI is InChI=1S/C68H105NO27S2/c1-41(38-86-58(76)19-11-9-10-18-57(75)69-37-48(70)34-52(72)62(96-98(83,84)85)53(73)40-89-97(80,81)82)16-12-13-17-42(2)39-87-64(78)65(8,79)36-50-22-23-56(74)68(92-50)35-43(3)32-55(93-68)44(4)20-21-49-25-29-67(91-49)30-26-54-63(95-67)59(77)47(7)61(90-54)51(71)33-46(6)60-45(5)24-28-66(94-60)27-14-15-31-88-66/h9,11-13,20-21,35,44-46,48-56,59-63,70-74,77,79H,1-2,7,10,14-19,22-34,36-40H2,3-6,8H3,(H,69,75)(H,80,81,82)(H,83,84,85)/b11-9+,13-12-,21-20+/t44-,45-,46+,48?,49-,50+,51+,52?,53?,54?,55+,56-,59-,60?,61+,62?,63?,65+,66+,67-,68-/m1/s1. The Morgan fingerprint density at radius 2 is 1.50 bits per heavy atom. The van der Waals surface area contributed by atoms with Gasteiger partial charge in [0.2, 0.25) is 11.7 Å². The molecule has 0 radical (unpaired) electrons. The zero-order valence-electron chi connectivity index (χ0n) is 56.8. The van der Waals surface area contributed by atoms with Gasteiger partial charge in [-0.15, -0.1) is 0 Å². The molecule has 7 heterocycles. The number of nitrogens with one attached hydrogen (secondary N) is 1. The fourth-order valence-electron chi connectivity index (χ4n) is 13.8. The van der Waals surface area contributed by atoms with Crippen molar-refractivity contribution in [2.45, 2.75) is 271 Å². The maximum absolute atomic E-state index is 13.3. The number of hydrogen-bond acceptors (Lipinski definition) is 25. The Hall–Kier alpha value is -4.23. The molecule has 0 aromatic heterocycles.